The lowest BCUT2D eigenvalue weighted by Crippen LogP contribution is -2.47. The quantitative estimate of drug-likeness (QED) is 0.601. The van der Waals surface area contributed by atoms with Gasteiger partial charge in [0.25, 0.3) is 0 Å². The van der Waals surface area contributed by atoms with Crippen LogP contribution in [0.1, 0.15) is 46.0 Å². The minimum atomic E-state index is -1.01. The molecule has 90 valence electrons. The SMILES string of the molecule is CCCCSCCCC(N)(CC)C(=O)O. The summed E-state index contributed by atoms with van der Waals surface area (Å²) in [6, 6.07) is 0. The van der Waals surface area contributed by atoms with Gasteiger partial charge in [0.05, 0.1) is 0 Å². The fraction of sp³-hybridized carbons (Fsp3) is 0.909. The van der Waals surface area contributed by atoms with Crippen LogP contribution in [0.4, 0.5) is 0 Å². The first-order valence-corrected chi connectivity index (χ1v) is 6.82. The highest BCUT2D eigenvalue weighted by Gasteiger charge is 2.30. The van der Waals surface area contributed by atoms with E-state index in [4.69, 9.17) is 10.8 Å². The summed E-state index contributed by atoms with van der Waals surface area (Å²) in [5.74, 6) is 1.32. The Morgan fingerprint density at radius 2 is 1.93 bits per heavy atom. The molecule has 0 spiro atoms. The first kappa shape index (κ1) is 14.8. The Hall–Kier alpha value is -0.220. The standard InChI is InChI=1S/C11H23NO2S/c1-3-5-8-15-9-6-7-11(12,4-2)10(13)14/h3-9,12H2,1-2H3,(H,13,14). The van der Waals surface area contributed by atoms with Crippen LogP contribution in [0.2, 0.25) is 0 Å². The van der Waals surface area contributed by atoms with Crippen LogP contribution < -0.4 is 5.73 Å². The minimum Gasteiger partial charge on any atom is -0.480 e. The molecular weight excluding hydrogens is 210 g/mol. The summed E-state index contributed by atoms with van der Waals surface area (Å²) in [5.41, 5.74) is 4.76. The molecule has 0 aliphatic carbocycles. The van der Waals surface area contributed by atoms with E-state index in [9.17, 15) is 4.79 Å². The number of carboxylic acids is 1. The molecule has 0 aromatic carbocycles. The van der Waals surface area contributed by atoms with E-state index in [1.807, 2.05) is 18.7 Å². The van der Waals surface area contributed by atoms with Crippen LogP contribution in [0.5, 0.6) is 0 Å². The number of thioether (sulfide) groups is 1. The molecular formula is C11H23NO2S. The molecule has 3 N–H and O–H groups in total. The van der Waals surface area contributed by atoms with E-state index < -0.39 is 11.5 Å². The molecule has 1 unspecified atom stereocenters. The monoisotopic (exact) mass is 233 g/mol. The lowest BCUT2D eigenvalue weighted by atomic mass is 9.92. The van der Waals surface area contributed by atoms with Crippen LogP contribution in [0.3, 0.4) is 0 Å². The molecule has 4 heteroatoms. The van der Waals surface area contributed by atoms with Gasteiger partial charge in [0.2, 0.25) is 0 Å². The second-order valence-corrected chi connectivity index (χ2v) is 5.11. The number of hydrogen-bond donors (Lipinski definition) is 2. The van der Waals surface area contributed by atoms with E-state index in [-0.39, 0.29) is 0 Å². The topological polar surface area (TPSA) is 63.3 Å². The van der Waals surface area contributed by atoms with Gasteiger partial charge in [-0.25, -0.2) is 0 Å². The number of unbranched alkanes of at least 4 members (excludes halogenated alkanes) is 1. The van der Waals surface area contributed by atoms with E-state index in [0.29, 0.717) is 12.8 Å². The van der Waals surface area contributed by atoms with Gasteiger partial charge in [0, 0.05) is 0 Å². The van der Waals surface area contributed by atoms with Crippen molar-refractivity contribution < 1.29 is 9.90 Å². The Labute approximate surface area is 96.8 Å². The first-order valence-electron chi connectivity index (χ1n) is 5.67. The summed E-state index contributed by atoms with van der Waals surface area (Å²) < 4.78 is 0. The van der Waals surface area contributed by atoms with Gasteiger partial charge in [-0.2, -0.15) is 11.8 Å². The highest BCUT2D eigenvalue weighted by molar-refractivity contribution is 7.99. The zero-order chi connectivity index (χ0) is 11.7. The molecule has 1 atom stereocenters. The van der Waals surface area contributed by atoms with Crippen LogP contribution in [-0.4, -0.2) is 28.1 Å². The van der Waals surface area contributed by atoms with E-state index in [2.05, 4.69) is 6.92 Å². The Bertz CT molecular complexity index is 187. The Morgan fingerprint density at radius 1 is 1.33 bits per heavy atom. The summed E-state index contributed by atoms with van der Waals surface area (Å²) in [4.78, 5) is 10.9. The van der Waals surface area contributed by atoms with Crippen molar-refractivity contribution in [2.75, 3.05) is 11.5 Å². The van der Waals surface area contributed by atoms with Crippen LogP contribution >= 0.6 is 11.8 Å². The number of hydrogen-bond acceptors (Lipinski definition) is 3. The second-order valence-electron chi connectivity index (χ2n) is 3.88. The van der Waals surface area contributed by atoms with Crippen LogP contribution in [-0.2, 0) is 4.79 Å². The molecule has 0 aliphatic rings. The molecule has 0 aromatic heterocycles. The van der Waals surface area contributed by atoms with Crippen molar-refractivity contribution in [3.8, 4) is 0 Å². The summed E-state index contributed by atoms with van der Waals surface area (Å²) >= 11 is 1.89. The third-order valence-electron chi connectivity index (χ3n) is 2.61. The van der Waals surface area contributed by atoms with Crippen molar-refractivity contribution in [2.45, 2.75) is 51.5 Å². The van der Waals surface area contributed by atoms with Gasteiger partial charge in [0.15, 0.2) is 0 Å². The normalized spacial score (nSPS) is 14.9. The second kappa shape index (κ2) is 7.99. The molecule has 0 aliphatic heterocycles. The van der Waals surface area contributed by atoms with Gasteiger partial charge in [0.1, 0.15) is 5.54 Å². The highest BCUT2D eigenvalue weighted by atomic mass is 32.2. The van der Waals surface area contributed by atoms with Crippen molar-refractivity contribution in [1.29, 1.82) is 0 Å². The molecule has 0 radical (unpaired) electrons. The molecule has 0 rings (SSSR count). The maximum Gasteiger partial charge on any atom is 0.323 e. The largest absolute Gasteiger partial charge is 0.480 e. The molecule has 0 aromatic rings. The van der Waals surface area contributed by atoms with E-state index in [0.717, 1.165) is 12.2 Å². The van der Waals surface area contributed by atoms with Gasteiger partial charge >= 0.3 is 5.97 Å². The van der Waals surface area contributed by atoms with E-state index in [1.54, 1.807) is 0 Å². The summed E-state index contributed by atoms with van der Waals surface area (Å²) in [5, 5.41) is 8.94. The van der Waals surface area contributed by atoms with Gasteiger partial charge in [-0.15, -0.1) is 0 Å². The fourth-order valence-corrected chi connectivity index (χ4v) is 2.32. The minimum absolute atomic E-state index is 0.502. The van der Waals surface area contributed by atoms with Gasteiger partial charge in [-0.3, -0.25) is 4.79 Å². The van der Waals surface area contributed by atoms with Gasteiger partial charge < -0.3 is 10.8 Å². The van der Waals surface area contributed by atoms with Crippen molar-refractivity contribution in [2.24, 2.45) is 5.73 Å². The van der Waals surface area contributed by atoms with Crippen molar-refractivity contribution in [1.82, 2.24) is 0 Å². The maximum absolute atomic E-state index is 10.9. The van der Waals surface area contributed by atoms with Crippen molar-refractivity contribution in [3.63, 3.8) is 0 Å². The van der Waals surface area contributed by atoms with E-state index in [1.165, 1.54) is 18.6 Å². The molecule has 0 saturated carbocycles. The van der Waals surface area contributed by atoms with E-state index >= 15 is 0 Å². The molecule has 0 heterocycles. The number of aliphatic carboxylic acids is 1. The maximum atomic E-state index is 10.9. The van der Waals surface area contributed by atoms with Crippen molar-refractivity contribution in [3.05, 3.63) is 0 Å². The average Bonchev–Trinajstić information content (AvgIpc) is 2.22. The summed E-state index contributed by atoms with van der Waals surface area (Å²) in [7, 11) is 0. The summed E-state index contributed by atoms with van der Waals surface area (Å²) in [6.45, 7) is 4.01. The summed E-state index contributed by atoms with van der Waals surface area (Å²) in [6.07, 6.45) is 4.44. The predicted molar refractivity (Wildman–Crippen MR) is 66.3 cm³/mol. The van der Waals surface area contributed by atoms with Crippen LogP contribution in [0, 0.1) is 0 Å². The highest BCUT2D eigenvalue weighted by Crippen LogP contribution is 2.17. The molecule has 0 amide bonds. The Morgan fingerprint density at radius 3 is 2.40 bits per heavy atom. The zero-order valence-corrected chi connectivity index (χ0v) is 10.6. The molecule has 0 saturated heterocycles. The number of carboxylic acid groups (broad SMARTS) is 1. The molecule has 0 fully saturated rings. The fourth-order valence-electron chi connectivity index (χ4n) is 1.27. The van der Waals surface area contributed by atoms with Gasteiger partial charge in [-0.1, -0.05) is 20.3 Å². The smallest absolute Gasteiger partial charge is 0.323 e. The van der Waals surface area contributed by atoms with Crippen LogP contribution in [0.25, 0.3) is 0 Å². The molecule has 15 heavy (non-hydrogen) atoms. The van der Waals surface area contributed by atoms with Crippen LogP contribution in [0.15, 0.2) is 0 Å². The number of rotatable bonds is 9. The third kappa shape index (κ3) is 6.05. The Balaban J connectivity index is 3.60. The Kier molecular flexibility index (Phi) is 7.88. The third-order valence-corrected chi connectivity index (χ3v) is 3.77. The predicted octanol–water partition coefficient (Wildman–Crippen LogP) is 2.49. The van der Waals surface area contributed by atoms with Crippen molar-refractivity contribution >= 4 is 17.7 Å². The zero-order valence-electron chi connectivity index (χ0n) is 9.79. The lowest BCUT2D eigenvalue weighted by Gasteiger charge is -2.22. The molecule has 3 nitrogen and oxygen atoms in total. The number of carbonyl (C=O) groups is 1. The first-order chi connectivity index (χ1) is 7.06. The average molecular weight is 233 g/mol. The number of nitrogens with two attached hydrogens (primary N) is 1. The van der Waals surface area contributed by atoms with Gasteiger partial charge in [-0.05, 0) is 37.2 Å². The molecule has 0 bridgehead atoms. The lowest BCUT2D eigenvalue weighted by molar-refractivity contribution is -0.143.